The molecule has 3 heterocycles. The third kappa shape index (κ3) is 2.82. The van der Waals surface area contributed by atoms with Crippen LogP contribution in [0.4, 0.5) is 14.9 Å². The van der Waals surface area contributed by atoms with Crippen molar-refractivity contribution < 1.29 is 23.5 Å². The first-order valence-corrected chi connectivity index (χ1v) is 9.51. The SMILES string of the molecule is COC(=O)CCN1C(=O)C2C(N=C3N(c4ccc(F)cc4)C(C)=C(C)N32)N(C)C1=O. The summed E-state index contributed by atoms with van der Waals surface area (Å²) >= 11 is 0. The highest BCUT2D eigenvalue weighted by Crippen LogP contribution is 2.39. The summed E-state index contributed by atoms with van der Waals surface area (Å²) in [5.41, 5.74) is 2.37. The summed E-state index contributed by atoms with van der Waals surface area (Å²) in [5, 5.41) is 0. The number of anilines is 1. The molecule has 0 bridgehead atoms. The van der Waals surface area contributed by atoms with Crippen LogP contribution in [0.1, 0.15) is 20.3 Å². The maximum atomic E-state index is 13.4. The van der Waals surface area contributed by atoms with Crippen LogP contribution in [-0.2, 0) is 14.3 Å². The Kier molecular flexibility index (Phi) is 4.71. The van der Waals surface area contributed by atoms with Crippen molar-refractivity contribution in [1.82, 2.24) is 14.7 Å². The van der Waals surface area contributed by atoms with Crippen molar-refractivity contribution in [3.8, 4) is 0 Å². The first-order chi connectivity index (χ1) is 14.3. The van der Waals surface area contributed by atoms with E-state index in [4.69, 9.17) is 0 Å². The zero-order valence-electron chi connectivity index (χ0n) is 17.1. The van der Waals surface area contributed by atoms with Gasteiger partial charge >= 0.3 is 12.0 Å². The lowest BCUT2D eigenvalue weighted by molar-refractivity contribution is -0.142. The molecule has 9 nitrogen and oxygen atoms in total. The van der Waals surface area contributed by atoms with Crippen molar-refractivity contribution in [3.63, 3.8) is 0 Å². The number of imide groups is 1. The molecule has 2 atom stereocenters. The predicted octanol–water partition coefficient (Wildman–Crippen LogP) is 1.72. The number of amides is 3. The van der Waals surface area contributed by atoms with E-state index in [2.05, 4.69) is 9.73 Å². The minimum atomic E-state index is -0.735. The number of fused-ring (bicyclic) bond motifs is 3. The first-order valence-electron chi connectivity index (χ1n) is 9.51. The lowest BCUT2D eigenvalue weighted by Gasteiger charge is -2.40. The van der Waals surface area contributed by atoms with E-state index in [0.29, 0.717) is 11.6 Å². The van der Waals surface area contributed by atoms with Crippen LogP contribution in [-0.4, -0.2) is 71.5 Å². The molecule has 0 aromatic heterocycles. The third-order valence-electron chi connectivity index (χ3n) is 5.74. The predicted molar refractivity (Wildman–Crippen MR) is 106 cm³/mol. The van der Waals surface area contributed by atoms with Gasteiger partial charge in [0.05, 0.1) is 13.5 Å². The molecular formula is C20H22FN5O4. The van der Waals surface area contributed by atoms with Crippen molar-refractivity contribution in [2.75, 3.05) is 25.6 Å². The Morgan fingerprint density at radius 3 is 2.47 bits per heavy atom. The van der Waals surface area contributed by atoms with Gasteiger partial charge in [0.15, 0.2) is 12.2 Å². The van der Waals surface area contributed by atoms with Crippen LogP contribution in [0.15, 0.2) is 40.7 Å². The van der Waals surface area contributed by atoms with Crippen LogP contribution < -0.4 is 4.90 Å². The number of hydrogen-bond donors (Lipinski definition) is 0. The second kappa shape index (κ2) is 7.12. The van der Waals surface area contributed by atoms with Gasteiger partial charge in [0.25, 0.3) is 5.91 Å². The maximum Gasteiger partial charge on any atom is 0.328 e. The Morgan fingerprint density at radius 2 is 1.83 bits per heavy atom. The molecule has 0 radical (unpaired) electrons. The number of likely N-dealkylation sites (N-methyl/N-ethyl adjacent to an activating group) is 1. The number of halogens is 1. The second-order valence-corrected chi connectivity index (χ2v) is 7.35. The summed E-state index contributed by atoms with van der Waals surface area (Å²) < 4.78 is 18.0. The second-order valence-electron chi connectivity index (χ2n) is 7.35. The molecule has 1 fully saturated rings. The number of nitrogens with zero attached hydrogens (tertiary/aromatic N) is 5. The number of guanidine groups is 1. The Bertz CT molecular complexity index is 989. The molecule has 0 saturated carbocycles. The van der Waals surface area contributed by atoms with Gasteiger partial charge in [0.2, 0.25) is 5.96 Å². The molecule has 2 unspecified atom stereocenters. The fourth-order valence-corrected chi connectivity index (χ4v) is 4.02. The van der Waals surface area contributed by atoms with Crippen molar-refractivity contribution in [3.05, 3.63) is 41.5 Å². The fraction of sp³-hybridized carbons (Fsp3) is 0.400. The Labute approximate surface area is 173 Å². The molecule has 0 aliphatic carbocycles. The molecule has 0 spiro atoms. The van der Waals surface area contributed by atoms with E-state index >= 15 is 0 Å². The highest BCUT2D eigenvalue weighted by atomic mass is 19.1. The van der Waals surface area contributed by atoms with Gasteiger partial charge in [-0.1, -0.05) is 0 Å². The molecule has 0 N–H and O–H groups in total. The van der Waals surface area contributed by atoms with Gasteiger partial charge in [-0.3, -0.25) is 24.3 Å². The van der Waals surface area contributed by atoms with Crippen molar-refractivity contribution >= 4 is 29.6 Å². The summed E-state index contributed by atoms with van der Waals surface area (Å²) in [5.74, 6) is -0.760. The number of esters is 1. The molecule has 3 aliphatic heterocycles. The Hall–Kier alpha value is -3.43. The summed E-state index contributed by atoms with van der Waals surface area (Å²) in [7, 11) is 2.84. The lowest BCUT2D eigenvalue weighted by Crippen LogP contribution is -2.64. The van der Waals surface area contributed by atoms with E-state index in [1.165, 1.54) is 24.1 Å². The van der Waals surface area contributed by atoms with E-state index in [0.717, 1.165) is 16.3 Å². The van der Waals surface area contributed by atoms with E-state index in [9.17, 15) is 18.8 Å². The van der Waals surface area contributed by atoms with Gasteiger partial charge in [0.1, 0.15) is 5.82 Å². The first kappa shape index (κ1) is 19.9. The molecule has 4 rings (SSSR count). The zero-order chi connectivity index (χ0) is 21.7. The highest BCUT2D eigenvalue weighted by molar-refractivity contribution is 6.10. The van der Waals surface area contributed by atoms with Crippen LogP contribution in [0.25, 0.3) is 0 Å². The topological polar surface area (TPSA) is 85.8 Å². The molecule has 30 heavy (non-hydrogen) atoms. The lowest BCUT2D eigenvalue weighted by atomic mass is 10.1. The molecule has 158 valence electrons. The molecule has 3 amide bonds. The summed E-state index contributed by atoms with van der Waals surface area (Å²) in [6.07, 6.45) is -0.775. The molecule has 1 saturated heterocycles. The minimum Gasteiger partial charge on any atom is -0.469 e. The average molecular weight is 415 g/mol. The Morgan fingerprint density at radius 1 is 1.17 bits per heavy atom. The zero-order valence-corrected chi connectivity index (χ0v) is 17.1. The van der Waals surface area contributed by atoms with Gasteiger partial charge in [-0.2, -0.15) is 0 Å². The van der Waals surface area contributed by atoms with Crippen molar-refractivity contribution in [2.45, 2.75) is 32.5 Å². The third-order valence-corrected chi connectivity index (χ3v) is 5.74. The van der Waals surface area contributed by atoms with Gasteiger partial charge in [-0.05, 0) is 38.1 Å². The number of rotatable bonds is 4. The van der Waals surface area contributed by atoms with Crippen LogP contribution in [0, 0.1) is 5.82 Å². The van der Waals surface area contributed by atoms with E-state index < -0.39 is 30.1 Å². The number of aliphatic imine (C=N–C) groups is 1. The van der Waals surface area contributed by atoms with E-state index in [1.54, 1.807) is 24.1 Å². The standard InChI is InChI=1S/C20H22FN5O4/c1-11-12(2)26-16-17(22-19(26)25(11)14-7-5-13(21)6-8-14)23(3)20(29)24(18(16)28)10-9-15(27)30-4/h5-8,16-17H,9-10H2,1-4H3. The molecule has 1 aromatic rings. The van der Waals surface area contributed by atoms with E-state index in [1.807, 2.05) is 18.7 Å². The number of urea groups is 1. The summed E-state index contributed by atoms with van der Waals surface area (Å²) in [4.78, 5) is 48.3. The van der Waals surface area contributed by atoms with Gasteiger partial charge in [-0.15, -0.1) is 0 Å². The van der Waals surface area contributed by atoms with E-state index in [-0.39, 0.29) is 18.8 Å². The largest absolute Gasteiger partial charge is 0.469 e. The quantitative estimate of drug-likeness (QED) is 0.696. The number of ether oxygens (including phenoxy) is 1. The van der Waals surface area contributed by atoms with Crippen LogP contribution >= 0.6 is 0 Å². The number of hydrogen-bond acceptors (Lipinski definition) is 7. The van der Waals surface area contributed by atoms with Crippen LogP contribution in [0.2, 0.25) is 0 Å². The number of methoxy groups -OCH3 is 1. The number of benzene rings is 1. The number of carbonyl (C=O) groups excluding carboxylic acids is 3. The maximum absolute atomic E-state index is 13.4. The molecule has 10 heteroatoms. The fourth-order valence-electron chi connectivity index (χ4n) is 4.02. The smallest absolute Gasteiger partial charge is 0.328 e. The molecule has 3 aliphatic rings. The molecule has 1 aromatic carbocycles. The monoisotopic (exact) mass is 415 g/mol. The number of carbonyl (C=O) groups is 3. The summed E-state index contributed by atoms with van der Waals surface area (Å²) in [6, 6.07) is 4.75. The average Bonchev–Trinajstić information content (AvgIpc) is 3.23. The van der Waals surface area contributed by atoms with Crippen molar-refractivity contribution in [2.24, 2.45) is 4.99 Å². The normalized spacial score (nSPS) is 23.2. The minimum absolute atomic E-state index is 0.0650. The Balaban J connectivity index is 1.68. The van der Waals surface area contributed by atoms with Gasteiger partial charge in [-0.25, -0.2) is 14.2 Å². The van der Waals surface area contributed by atoms with Gasteiger partial charge < -0.3 is 9.64 Å². The number of allylic oxidation sites excluding steroid dienone is 2. The molecular weight excluding hydrogens is 393 g/mol. The van der Waals surface area contributed by atoms with Gasteiger partial charge in [0, 0.05) is 30.7 Å². The van der Waals surface area contributed by atoms with Crippen LogP contribution in [0.5, 0.6) is 0 Å². The highest BCUT2D eigenvalue weighted by Gasteiger charge is 2.55. The summed E-state index contributed by atoms with van der Waals surface area (Å²) in [6.45, 7) is 3.70. The van der Waals surface area contributed by atoms with Crippen LogP contribution in [0.3, 0.4) is 0 Å². The van der Waals surface area contributed by atoms with Crippen molar-refractivity contribution in [1.29, 1.82) is 0 Å².